The zero-order valence-electron chi connectivity index (χ0n) is 9.30. The topological polar surface area (TPSA) is 32.3 Å². The van der Waals surface area contributed by atoms with Crippen LogP contribution in [0.2, 0.25) is 0 Å². The molecular weight excluding hydrogens is 162 g/mol. The second-order valence-corrected chi connectivity index (χ2v) is 4.48. The van der Waals surface area contributed by atoms with Gasteiger partial charge in [0.05, 0.1) is 6.61 Å². The van der Waals surface area contributed by atoms with Gasteiger partial charge in [0.15, 0.2) is 0 Å². The Hall–Kier alpha value is -0.340. The fraction of sp³-hybridized carbons (Fsp3) is 0.818. The fourth-order valence-electron chi connectivity index (χ4n) is 1.27. The predicted molar refractivity (Wildman–Crippen MR) is 57.7 cm³/mol. The summed E-state index contributed by atoms with van der Waals surface area (Å²) in [4.78, 5) is 0. The van der Waals surface area contributed by atoms with Crippen molar-refractivity contribution < 1.29 is 5.11 Å². The van der Waals surface area contributed by atoms with E-state index in [2.05, 4.69) is 25.7 Å². The Morgan fingerprint density at radius 3 is 2.38 bits per heavy atom. The summed E-state index contributed by atoms with van der Waals surface area (Å²) >= 11 is 0. The van der Waals surface area contributed by atoms with Gasteiger partial charge in [0.1, 0.15) is 0 Å². The number of hydrogen-bond donors (Lipinski definition) is 2. The smallest absolute Gasteiger partial charge is 0.0607 e. The molecule has 2 nitrogen and oxygen atoms in total. The summed E-state index contributed by atoms with van der Waals surface area (Å²) in [7, 11) is 0. The van der Waals surface area contributed by atoms with Gasteiger partial charge in [0.25, 0.3) is 0 Å². The van der Waals surface area contributed by atoms with Crippen molar-refractivity contribution in [2.24, 2.45) is 5.92 Å². The zero-order chi connectivity index (χ0) is 10.5. The molecule has 13 heavy (non-hydrogen) atoms. The molecule has 2 unspecified atom stereocenters. The Morgan fingerprint density at radius 2 is 2.00 bits per heavy atom. The number of rotatable bonds is 6. The Balaban J connectivity index is 3.97. The van der Waals surface area contributed by atoms with Gasteiger partial charge in [-0.2, -0.15) is 0 Å². The molecule has 0 saturated heterocycles. The van der Waals surface area contributed by atoms with Gasteiger partial charge in [-0.15, -0.1) is 6.58 Å². The van der Waals surface area contributed by atoms with Crippen LogP contribution in [0.25, 0.3) is 0 Å². The molecule has 0 heterocycles. The van der Waals surface area contributed by atoms with Crippen molar-refractivity contribution in [2.75, 3.05) is 6.61 Å². The lowest BCUT2D eigenvalue weighted by Gasteiger charge is -2.31. The average Bonchev–Trinajstić information content (AvgIpc) is 2.04. The van der Waals surface area contributed by atoms with Crippen LogP contribution in [0.5, 0.6) is 0 Å². The minimum atomic E-state index is -0.186. The number of aliphatic hydroxyl groups is 1. The molecule has 2 heteroatoms. The van der Waals surface area contributed by atoms with Crippen molar-refractivity contribution in [3.63, 3.8) is 0 Å². The predicted octanol–water partition coefficient (Wildman–Crippen LogP) is 1.95. The van der Waals surface area contributed by atoms with E-state index in [1.165, 1.54) is 0 Å². The summed E-state index contributed by atoms with van der Waals surface area (Å²) < 4.78 is 0. The lowest BCUT2D eigenvalue weighted by molar-refractivity contribution is 0.166. The molecule has 0 bridgehead atoms. The van der Waals surface area contributed by atoms with E-state index < -0.39 is 0 Å². The van der Waals surface area contributed by atoms with E-state index in [1.54, 1.807) is 0 Å². The number of aliphatic hydroxyl groups excluding tert-OH is 1. The SMILES string of the molecule is C=CCC(C)C(C)NC(C)(C)CO. The highest BCUT2D eigenvalue weighted by atomic mass is 16.3. The van der Waals surface area contributed by atoms with Crippen LogP contribution in [0.3, 0.4) is 0 Å². The van der Waals surface area contributed by atoms with Gasteiger partial charge in [-0.1, -0.05) is 13.0 Å². The van der Waals surface area contributed by atoms with E-state index >= 15 is 0 Å². The molecule has 0 rings (SSSR count). The van der Waals surface area contributed by atoms with Gasteiger partial charge in [-0.25, -0.2) is 0 Å². The lowest BCUT2D eigenvalue weighted by atomic mass is 9.96. The third-order valence-corrected chi connectivity index (χ3v) is 2.41. The monoisotopic (exact) mass is 185 g/mol. The summed E-state index contributed by atoms with van der Waals surface area (Å²) in [5.74, 6) is 0.559. The zero-order valence-corrected chi connectivity index (χ0v) is 9.30. The van der Waals surface area contributed by atoms with E-state index in [0.717, 1.165) is 6.42 Å². The van der Waals surface area contributed by atoms with Gasteiger partial charge in [-0.05, 0) is 33.1 Å². The van der Waals surface area contributed by atoms with Crippen molar-refractivity contribution in [1.29, 1.82) is 0 Å². The highest BCUT2D eigenvalue weighted by molar-refractivity contribution is 4.84. The van der Waals surface area contributed by atoms with Crippen LogP contribution < -0.4 is 5.32 Å². The maximum Gasteiger partial charge on any atom is 0.0607 e. The van der Waals surface area contributed by atoms with Crippen molar-refractivity contribution >= 4 is 0 Å². The van der Waals surface area contributed by atoms with Crippen LogP contribution in [0.15, 0.2) is 12.7 Å². The van der Waals surface area contributed by atoms with Crippen LogP contribution in [0, 0.1) is 5.92 Å². The van der Waals surface area contributed by atoms with Gasteiger partial charge < -0.3 is 10.4 Å². The standard InChI is InChI=1S/C11H23NO/c1-6-7-9(2)10(3)12-11(4,5)8-13/h6,9-10,12-13H,1,7-8H2,2-5H3. The minimum Gasteiger partial charge on any atom is -0.394 e. The normalized spacial score (nSPS) is 16.7. The Bertz CT molecular complexity index is 154. The molecule has 0 aromatic rings. The van der Waals surface area contributed by atoms with Crippen LogP contribution in [-0.4, -0.2) is 23.3 Å². The molecule has 0 amide bonds. The first kappa shape index (κ1) is 12.7. The first-order chi connectivity index (χ1) is 5.93. The molecule has 0 spiro atoms. The molecule has 0 radical (unpaired) electrons. The molecule has 2 atom stereocenters. The summed E-state index contributed by atoms with van der Waals surface area (Å²) in [5.41, 5.74) is -0.186. The fourth-order valence-corrected chi connectivity index (χ4v) is 1.27. The third-order valence-electron chi connectivity index (χ3n) is 2.41. The number of hydrogen-bond acceptors (Lipinski definition) is 2. The first-order valence-corrected chi connectivity index (χ1v) is 4.92. The van der Waals surface area contributed by atoms with E-state index in [-0.39, 0.29) is 12.1 Å². The second kappa shape index (κ2) is 5.40. The molecule has 0 aliphatic heterocycles. The molecule has 2 N–H and O–H groups in total. The van der Waals surface area contributed by atoms with Crippen LogP contribution in [0.1, 0.15) is 34.1 Å². The maximum atomic E-state index is 9.07. The molecule has 0 aromatic heterocycles. The van der Waals surface area contributed by atoms with E-state index in [0.29, 0.717) is 12.0 Å². The highest BCUT2D eigenvalue weighted by Gasteiger charge is 2.21. The van der Waals surface area contributed by atoms with Crippen molar-refractivity contribution in [3.8, 4) is 0 Å². The Kier molecular flexibility index (Phi) is 5.26. The largest absolute Gasteiger partial charge is 0.394 e. The molecular formula is C11H23NO. The van der Waals surface area contributed by atoms with Gasteiger partial charge in [0, 0.05) is 11.6 Å². The van der Waals surface area contributed by atoms with Crippen molar-refractivity contribution in [1.82, 2.24) is 5.32 Å². The molecule has 0 aliphatic rings. The third kappa shape index (κ3) is 5.06. The molecule has 0 fully saturated rings. The summed E-state index contributed by atoms with van der Waals surface area (Å²) in [6.45, 7) is 12.2. The molecule has 0 aliphatic carbocycles. The van der Waals surface area contributed by atoms with Crippen LogP contribution in [-0.2, 0) is 0 Å². The van der Waals surface area contributed by atoms with Crippen molar-refractivity contribution in [3.05, 3.63) is 12.7 Å². The van der Waals surface area contributed by atoms with E-state index in [9.17, 15) is 0 Å². The maximum absolute atomic E-state index is 9.07. The molecule has 78 valence electrons. The quantitative estimate of drug-likeness (QED) is 0.620. The summed E-state index contributed by atoms with van der Waals surface area (Å²) in [6, 6.07) is 0.403. The highest BCUT2D eigenvalue weighted by Crippen LogP contribution is 2.12. The first-order valence-electron chi connectivity index (χ1n) is 4.92. The number of allylic oxidation sites excluding steroid dienone is 1. The Morgan fingerprint density at radius 1 is 1.46 bits per heavy atom. The van der Waals surface area contributed by atoms with Gasteiger partial charge in [0.2, 0.25) is 0 Å². The second-order valence-electron chi connectivity index (χ2n) is 4.48. The Labute approximate surface area is 82.0 Å². The average molecular weight is 185 g/mol. The van der Waals surface area contributed by atoms with E-state index in [4.69, 9.17) is 5.11 Å². The van der Waals surface area contributed by atoms with Gasteiger partial charge in [-0.3, -0.25) is 0 Å². The minimum absolute atomic E-state index is 0.165. The van der Waals surface area contributed by atoms with Crippen LogP contribution >= 0.6 is 0 Å². The molecule has 0 aromatic carbocycles. The lowest BCUT2D eigenvalue weighted by Crippen LogP contribution is -2.49. The summed E-state index contributed by atoms with van der Waals surface area (Å²) in [5, 5.41) is 12.5. The van der Waals surface area contributed by atoms with E-state index in [1.807, 2.05) is 19.9 Å². The molecule has 0 saturated carbocycles. The summed E-state index contributed by atoms with van der Waals surface area (Å²) in [6.07, 6.45) is 2.95. The van der Waals surface area contributed by atoms with Gasteiger partial charge >= 0.3 is 0 Å². The van der Waals surface area contributed by atoms with Crippen LogP contribution in [0.4, 0.5) is 0 Å². The number of nitrogens with one attached hydrogen (secondary N) is 1. The van der Waals surface area contributed by atoms with Crippen molar-refractivity contribution in [2.45, 2.75) is 45.7 Å².